The molecule has 61 heavy (non-hydrogen) atoms. The summed E-state index contributed by atoms with van der Waals surface area (Å²) in [6.07, 6.45) is 19.0. The molecule has 4 heteroatoms. The molecule has 0 spiro atoms. The van der Waals surface area contributed by atoms with Gasteiger partial charge in [-0.05, 0) is 135 Å². The lowest BCUT2D eigenvalue weighted by Gasteiger charge is -2.40. The minimum absolute atomic E-state index is 0.0279. The van der Waals surface area contributed by atoms with Crippen LogP contribution in [0.1, 0.15) is 42.0 Å². The van der Waals surface area contributed by atoms with E-state index in [2.05, 4.69) is 225 Å². The van der Waals surface area contributed by atoms with E-state index in [1.54, 1.807) is 0 Å². The zero-order valence-corrected chi connectivity index (χ0v) is 34.6. The topological polar surface area (TPSA) is 28.9 Å². The van der Waals surface area contributed by atoms with Crippen molar-refractivity contribution in [1.29, 1.82) is 0 Å². The molecule has 0 bridgehead atoms. The number of hydrogen-bond acceptors (Lipinski definition) is 4. The number of furan rings is 1. The number of hydrogen-bond donors (Lipinski definition) is 0. The highest BCUT2D eigenvalue weighted by molar-refractivity contribution is 6.08. The molecule has 0 N–H and O–H groups in total. The van der Waals surface area contributed by atoms with E-state index in [0.29, 0.717) is 0 Å². The van der Waals surface area contributed by atoms with Gasteiger partial charge < -0.3 is 19.0 Å². The summed E-state index contributed by atoms with van der Waals surface area (Å²) in [6, 6.07) is 52.8. The van der Waals surface area contributed by atoms with Crippen LogP contribution in [-0.4, -0.2) is 6.10 Å². The van der Waals surface area contributed by atoms with Crippen LogP contribution in [0.5, 0.6) is 5.75 Å². The van der Waals surface area contributed by atoms with Gasteiger partial charge in [0.2, 0.25) is 0 Å². The number of benzene rings is 7. The average Bonchev–Trinajstić information content (AvgIpc) is 3.68. The van der Waals surface area contributed by atoms with Crippen LogP contribution in [-0.2, 0) is 6.42 Å². The second-order valence-corrected chi connectivity index (χ2v) is 16.6. The second kappa shape index (κ2) is 15.1. The van der Waals surface area contributed by atoms with Crippen LogP contribution < -0.4 is 14.5 Å². The van der Waals surface area contributed by atoms with Gasteiger partial charge in [-0.3, -0.25) is 0 Å². The smallest absolute Gasteiger partial charge is 0.135 e. The summed E-state index contributed by atoms with van der Waals surface area (Å²) in [7, 11) is 0. The molecule has 1 aliphatic heterocycles. The third-order valence-corrected chi connectivity index (χ3v) is 12.5. The fourth-order valence-corrected chi connectivity index (χ4v) is 9.56. The highest BCUT2D eigenvalue weighted by Crippen LogP contribution is 2.52. The van der Waals surface area contributed by atoms with Crippen molar-refractivity contribution >= 4 is 67.2 Å². The molecular weight excluding hydrogens is 745 g/mol. The van der Waals surface area contributed by atoms with Gasteiger partial charge in [0.25, 0.3) is 0 Å². The van der Waals surface area contributed by atoms with Crippen molar-refractivity contribution in [3.05, 3.63) is 222 Å². The predicted molar refractivity (Wildman–Crippen MR) is 255 cm³/mol. The molecule has 2 heterocycles. The van der Waals surface area contributed by atoms with Gasteiger partial charge in [0.05, 0.1) is 5.69 Å². The first-order valence-corrected chi connectivity index (χ1v) is 21.4. The molecule has 4 nitrogen and oxygen atoms in total. The Morgan fingerprint density at radius 2 is 1.21 bits per heavy atom. The monoisotopic (exact) mass is 790 g/mol. The zero-order chi connectivity index (χ0) is 41.0. The van der Waals surface area contributed by atoms with Gasteiger partial charge in [-0.15, -0.1) is 0 Å². The Hall–Kier alpha value is -7.30. The summed E-state index contributed by atoms with van der Waals surface area (Å²) in [5, 5.41) is 4.67. The van der Waals surface area contributed by atoms with Crippen molar-refractivity contribution in [2.24, 2.45) is 5.92 Å². The van der Waals surface area contributed by atoms with E-state index in [4.69, 9.17) is 9.15 Å². The minimum Gasteiger partial charge on any atom is -0.486 e. The Balaban J connectivity index is 1.12. The quantitative estimate of drug-likeness (QED) is 0.168. The average molecular weight is 791 g/mol. The molecule has 3 atom stereocenters. The highest BCUT2D eigenvalue weighted by atomic mass is 16.5. The van der Waals surface area contributed by atoms with E-state index in [9.17, 15) is 0 Å². The molecule has 296 valence electrons. The standard InChI is InChI=1S/C57H46N2O2/c1-37-22-25-39(3)60-55-30-27-43(33-40(55)26-23-37)58(41-14-6-4-7-15-41)53-35-49-46-19-11-13-21-48(46)54(36-50(49)45-18-10-12-20-47(45)53)59(42-16-8-5-9-17-42)44-28-31-57-52(34-44)51-32-38(2)24-29-56(51)61-57/h4-25,27-36,39,46,48H,26H2,1-3H3. The molecule has 8 aromatic rings. The molecule has 2 aliphatic carbocycles. The lowest BCUT2D eigenvalue weighted by atomic mass is 9.73. The fourth-order valence-electron chi connectivity index (χ4n) is 9.56. The van der Waals surface area contributed by atoms with E-state index in [1.807, 2.05) is 0 Å². The van der Waals surface area contributed by atoms with Crippen LogP contribution in [0.2, 0.25) is 0 Å². The number of fused-ring (bicyclic) bond motifs is 9. The number of rotatable bonds is 6. The Bertz CT molecular complexity index is 3150. The van der Waals surface area contributed by atoms with Crippen molar-refractivity contribution in [2.45, 2.75) is 39.2 Å². The van der Waals surface area contributed by atoms with Crippen LogP contribution in [0, 0.1) is 12.8 Å². The van der Waals surface area contributed by atoms with E-state index >= 15 is 0 Å². The Morgan fingerprint density at radius 3 is 2.00 bits per heavy atom. The first-order valence-electron chi connectivity index (χ1n) is 21.4. The second-order valence-electron chi connectivity index (χ2n) is 16.6. The van der Waals surface area contributed by atoms with Gasteiger partial charge in [0.1, 0.15) is 23.0 Å². The van der Waals surface area contributed by atoms with E-state index < -0.39 is 0 Å². The lowest BCUT2D eigenvalue weighted by Crippen LogP contribution is -2.29. The summed E-state index contributed by atoms with van der Waals surface area (Å²) < 4.78 is 12.8. The van der Waals surface area contributed by atoms with Gasteiger partial charge in [0.15, 0.2) is 0 Å². The number of allylic oxidation sites excluding steroid dienone is 7. The maximum absolute atomic E-state index is 6.48. The normalized spacial score (nSPS) is 18.0. The minimum atomic E-state index is -0.0279. The largest absolute Gasteiger partial charge is 0.486 e. The summed E-state index contributed by atoms with van der Waals surface area (Å²) >= 11 is 0. The van der Waals surface area contributed by atoms with Gasteiger partial charge in [-0.25, -0.2) is 0 Å². The molecule has 11 rings (SSSR count). The van der Waals surface area contributed by atoms with Crippen LogP contribution in [0.4, 0.5) is 28.4 Å². The summed E-state index contributed by atoms with van der Waals surface area (Å²) in [5.41, 5.74) is 14.8. The molecule has 0 saturated heterocycles. The Kier molecular flexibility index (Phi) is 9.08. The number of aryl methyl sites for hydroxylation is 1. The maximum atomic E-state index is 6.48. The van der Waals surface area contributed by atoms with Crippen molar-refractivity contribution in [3.63, 3.8) is 0 Å². The molecule has 0 amide bonds. The third-order valence-electron chi connectivity index (χ3n) is 12.5. The van der Waals surface area contributed by atoms with Crippen LogP contribution >= 0.6 is 0 Å². The van der Waals surface area contributed by atoms with E-state index in [-0.39, 0.29) is 17.9 Å². The molecule has 1 aromatic heterocycles. The molecule has 0 fully saturated rings. The van der Waals surface area contributed by atoms with Gasteiger partial charge in [-0.1, -0.05) is 114 Å². The van der Waals surface area contributed by atoms with Gasteiger partial charge in [-0.2, -0.15) is 0 Å². The summed E-state index contributed by atoms with van der Waals surface area (Å²) in [5.74, 6) is 1.11. The summed E-state index contributed by atoms with van der Waals surface area (Å²) in [4.78, 5) is 4.90. The molecular formula is C57H46N2O2. The molecule has 0 radical (unpaired) electrons. The van der Waals surface area contributed by atoms with Crippen molar-refractivity contribution in [1.82, 2.24) is 0 Å². The number of anilines is 5. The van der Waals surface area contributed by atoms with Crippen LogP contribution in [0.25, 0.3) is 38.8 Å². The van der Waals surface area contributed by atoms with Gasteiger partial charge >= 0.3 is 0 Å². The number of para-hydroxylation sites is 2. The molecule has 3 unspecified atom stereocenters. The third kappa shape index (κ3) is 6.56. The molecule has 3 aliphatic rings. The number of nitrogens with zero attached hydrogens (tertiary/aromatic N) is 2. The first kappa shape index (κ1) is 36.8. The van der Waals surface area contributed by atoms with Crippen molar-refractivity contribution < 1.29 is 9.15 Å². The van der Waals surface area contributed by atoms with Crippen molar-refractivity contribution in [3.8, 4) is 5.75 Å². The Labute approximate surface area is 357 Å². The zero-order valence-electron chi connectivity index (χ0n) is 34.6. The number of ether oxygens (including phenoxy) is 1. The maximum Gasteiger partial charge on any atom is 0.135 e. The van der Waals surface area contributed by atoms with Crippen LogP contribution in [0.15, 0.2) is 204 Å². The van der Waals surface area contributed by atoms with Crippen LogP contribution in [0.3, 0.4) is 0 Å². The highest BCUT2D eigenvalue weighted by Gasteiger charge is 2.36. The van der Waals surface area contributed by atoms with E-state index in [1.165, 1.54) is 44.3 Å². The first-order chi connectivity index (χ1) is 30.0. The molecule has 0 saturated carbocycles. The lowest BCUT2D eigenvalue weighted by molar-refractivity contribution is 0.268. The predicted octanol–water partition coefficient (Wildman–Crippen LogP) is 15.4. The summed E-state index contributed by atoms with van der Waals surface area (Å²) in [6.45, 7) is 6.40. The van der Waals surface area contributed by atoms with Gasteiger partial charge in [0, 0.05) is 62.0 Å². The van der Waals surface area contributed by atoms with E-state index in [0.717, 1.165) is 62.5 Å². The fraction of sp³-hybridized carbons (Fsp3) is 0.123. The van der Waals surface area contributed by atoms with Crippen molar-refractivity contribution in [2.75, 3.05) is 9.80 Å². The Morgan fingerprint density at radius 1 is 0.557 bits per heavy atom. The molecule has 7 aromatic carbocycles. The SMILES string of the molecule is CC1=CCc2cc(N(c3ccccc3)c3cc4c(c5ccccc35)C=C(N(c3ccccc3)c3ccc5oc6ccc(C)cc6c5c3)C3C=CC=CC43)ccc2OC(C)C=C1.